The number of carbonyl (C=O) groups is 1. The van der Waals surface area contributed by atoms with E-state index in [-0.39, 0.29) is 17.2 Å². The normalized spacial score (nSPS) is 37.2. The molecule has 5 heteroatoms. The van der Waals surface area contributed by atoms with Crippen LogP contribution < -0.4 is 9.47 Å². The third-order valence-corrected chi connectivity index (χ3v) is 7.12. The minimum atomic E-state index is -0.408. The minimum absolute atomic E-state index is 0.176. The molecule has 5 rings (SSSR count). The van der Waals surface area contributed by atoms with E-state index in [1.165, 1.54) is 11.1 Å². The van der Waals surface area contributed by atoms with E-state index in [2.05, 4.69) is 19.2 Å². The molecule has 1 saturated carbocycles. The van der Waals surface area contributed by atoms with Crippen molar-refractivity contribution in [2.45, 2.75) is 50.2 Å². The van der Waals surface area contributed by atoms with Crippen molar-refractivity contribution in [2.24, 2.45) is 11.8 Å². The summed E-state index contributed by atoms with van der Waals surface area (Å²) in [5.74, 6) is 2.35. The average molecular weight is 338 g/mol. The van der Waals surface area contributed by atoms with Gasteiger partial charge in [-0.25, -0.2) is 0 Å². The highest BCUT2D eigenvalue weighted by atomic mass is 16.5. The van der Waals surface area contributed by atoms with Gasteiger partial charge in [-0.2, -0.15) is 5.26 Å². The quantitative estimate of drug-likeness (QED) is 0.775. The van der Waals surface area contributed by atoms with Gasteiger partial charge < -0.3 is 14.4 Å². The lowest BCUT2D eigenvalue weighted by Gasteiger charge is -2.58. The minimum Gasteiger partial charge on any atom is -0.493 e. The summed E-state index contributed by atoms with van der Waals surface area (Å²) in [5.41, 5.74) is 2.16. The third kappa shape index (κ3) is 1.61. The van der Waals surface area contributed by atoms with Gasteiger partial charge in [-0.05, 0) is 36.3 Å². The zero-order chi connectivity index (χ0) is 17.3. The number of hydrogen-bond donors (Lipinski definition) is 0. The Bertz CT molecular complexity index is 814. The first kappa shape index (κ1) is 15.1. The van der Waals surface area contributed by atoms with E-state index < -0.39 is 6.10 Å². The number of benzene rings is 1. The number of nitriles is 1. The molecule has 0 N–H and O–H groups in total. The van der Waals surface area contributed by atoms with Crippen LogP contribution in [0.15, 0.2) is 12.1 Å². The molecule has 1 saturated heterocycles. The van der Waals surface area contributed by atoms with E-state index in [0.717, 1.165) is 30.8 Å². The van der Waals surface area contributed by atoms with Crippen molar-refractivity contribution in [3.63, 3.8) is 0 Å². The molecule has 130 valence electrons. The number of carbonyl (C=O) groups excluding carboxylic acids is 1. The van der Waals surface area contributed by atoms with Gasteiger partial charge in [0.05, 0.1) is 12.5 Å². The highest BCUT2D eigenvalue weighted by Crippen LogP contribution is 2.64. The molecule has 2 heterocycles. The maximum Gasteiger partial charge on any atom is 0.179 e. The molecule has 0 amide bonds. The number of ether oxygens (including phenoxy) is 2. The van der Waals surface area contributed by atoms with Crippen LogP contribution in [0.25, 0.3) is 0 Å². The van der Waals surface area contributed by atoms with E-state index >= 15 is 0 Å². The van der Waals surface area contributed by atoms with Gasteiger partial charge in [0.1, 0.15) is 0 Å². The van der Waals surface area contributed by atoms with Crippen molar-refractivity contribution >= 4 is 5.78 Å². The SMILES string of the molecule is CC[C@H]1CC(=O)[C@@H]2Oc3c(OC)ccc4c3[C@@]23CCN(C#N)[C@H](C4)[C@H]13. The maximum atomic E-state index is 13.0. The van der Waals surface area contributed by atoms with Gasteiger partial charge in [-0.15, -0.1) is 0 Å². The fraction of sp³-hybridized carbons (Fsp3) is 0.600. The van der Waals surface area contributed by atoms with E-state index in [9.17, 15) is 10.1 Å². The number of ketones is 1. The molecular formula is C20H22N2O3. The summed E-state index contributed by atoms with van der Waals surface area (Å²) in [6.07, 6.45) is 5.20. The summed E-state index contributed by atoms with van der Waals surface area (Å²) in [4.78, 5) is 15.0. The monoisotopic (exact) mass is 338 g/mol. The molecule has 1 aromatic carbocycles. The smallest absolute Gasteiger partial charge is 0.179 e. The number of piperidine rings is 1. The number of nitrogens with zero attached hydrogens (tertiary/aromatic N) is 2. The molecule has 0 radical (unpaired) electrons. The van der Waals surface area contributed by atoms with Crippen molar-refractivity contribution in [1.29, 1.82) is 5.26 Å². The first-order valence-corrected chi connectivity index (χ1v) is 9.21. The Labute approximate surface area is 147 Å². The zero-order valence-electron chi connectivity index (χ0n) is 14.6. The topological polar surface area (TPSA) is 62.6 Å². The fourth-order valence-corrected chi connectivity index (χ4v) is 6.25. The van der Waals surface area contributed by atoms with Gasteiger partial charge in [-0.3, -0.25) is 4.79 Å². The maximum absolute atomic E-state index is 13.0. The van der Waals surface area contributed by atoms with E-state index in [0.29, 0.717) is 24.8 Å². The molecule has 25 heavy (non-hydrogen) atoms. The molecule has 4 aliphatic rings. The molecule has 1 spiro atoms. The molecule has 5 atom stereocenters. The number of methoxy groups -OCH3 is 1. The number of hydrogen-bond acceptors (Lipinski definition) is 5. The molecule has 1 aromatic rings. The molecule has 2 aliphatic heterocycles. The van der Waals surface area contributed by atoms with Gasteiger partial charge in [0, 0.05) is 24.6 Å². The molecule has 2 fully saturated rings. The zero-order valence-corrected chi connectivity index (χ0v) is 14.6. The summed E-state index contributed by atoms with van der Waals surface area (Å²) in [6, 6.07) is 4.22. The lowest BCUT2D eigenvalue weighted by atomic mass is 9.48. The van der Waals surface area contributed by atoms with Crippen LogP contribution >= 0.6 is 0 Å². The van der Waals surface area contributed by atoms with Crippen LogP contribution in [0, 0.1) is 23.3 Å². The van der Waals surface area contributed by atoms with Crippen molar-refractivity contribution in [2.75, 3.05) is 13.7 Å². The van der Waals surface area contributed by atoms with Gasteiger partial charge >= 0.3 is 0 Å². The Kier molecular flexibility index (Phi) is 2.96. The summed E-state index contributed by atoms with van der Waals surface area (Å²) in [5, 5.41) is 9.67. The van der Waals surface area contributed by atoms with Gasteiger partial charge in [0.2, 0.25) is 0 Å². The summed E-state index contributed by atoms with van der Waals surface area (Å²) < 4.78 is 11.8. The summed E-state index contributed by atoms with van der Waals surface area (Å²) >= 11 is 0. The van der Waals surface area contributed by atoms with Crippen molar-refractivity contribution < 1.29 is 14.3 Å². The number of likely N-dealkylation sites (tertiary alicyclic amines) is 1. The predicted octanol–water partition coefficient (Wildman–Crippen LogP) is 2.42. The first-order chi connectivity index (χ1) is 12.2. The Morgan fingerprint density at radius 3 is 3.00 bits per heavy atom. The molecule has 0 aromatic heterocycles. The second-order valence-electron chi connectivity index (χ2n) is 7.85. The highest BCUT2D eigenvalue weighted by molar-refractivity contribution is 5.89. The third-order valence-electron chi connectivity index (χ3n) is 7.12. The molecule has 2 aliphatic carbocycles. The van der Waals surface area contributed by atoms with Crippen LogP contribution in [0.3, 0.4) is 0 Å². The lowest BCUT2D eigenvalue weighted by molar-refractivity contribution is -0.143. The van der Waals surface area contributed by atoms with Crippen LogP contribution in [0.2, 0.25) is 0 Å². The van der Waals surface area contributed by atoms with Crippen LogP contribution in [0.1, 0.15) is 37.3 Å². The Morgan fingerprint density at radius 2 is 2.28 bits per heavy atom. The van der Waals surface area contributed by atoms with Crippen molar-refractivity contribution in [3.05, 3.63) is 23.3 Å². The summed E-state index contributed by atoms with van der Waals surface area (Å²) in [7, 11) is 1.65. The standard InChI is InChI=1S/C20H22N2O3/c1-3-11-9-14(23)19-20-6-7-22(10-21)13(16(11)20)8-12-4-5-15(24-2)18(25-19)17(12)20/h4-5,11,13,16,19H,3,6-9H2,1-2H3/t11-,13+,16-,19-,20-/m0/s1. The second kappa shape index (κ2) is 4.91. The summed E-state index contributed by atoms with van der Waals surface area (Å²) in [6.45, 7) is 2.87. The van der Waals surface area contributed by atoms with Crippen molar-refractivity contribution in [1.82, 2.24) is 4.90 Å². The van der Waals surface area contributed by atoms with Crippen LogP contribution in [-0.2, 0) is 16.6 Å². The second-order valence-corrected chi connectivity index (χ2v) is 7.85. The molecule has 5 nitrogen and oxygen atoms in total. The average Bonchev–Trinajstić information content (AvgIpc) is 2.97. The van der Waals surface area contributed by atoms with Crippen molar-refractivity contribution in [3.8, 4) is 17.7 Å². The molecule has 0 unspecified atom stereocenters. The van der Waals surface area contributed by atoms with Crippen LogP contribution in [0.4, 0.5) is 0 Å². The van der Waals surface area contributed by atoms with Gasteiger partial charge in [-0.1, -0.05) is 19.4 Å². The number of rotatable bonds is 2. The van der Waals surface area contributed by atoms with E-state index in [4.69, 9.17) is 9.47 Å². The Balaban J connectivity index is 1.80. The van der Waals surface area contributed by atoms with E-state index in [1.54, 1.807) is 7.11 Å². The molecule has 2 bridgehead atoms. The Hall–Kier alpha value is -2.22. The van der Waals surface area contributed by atoms with Gasteiger partial charge in [0.15, 0.2) is 29.6 Å². The van der Waals surface area contributed by atoms with Crippen LogP contribution in [0.5, 0.6) is 11.5 Å². The van der Waals surface area contributed by atoms with Gasteiger partial charge in [0.25, 0.3) is 0 Å². The Morgan fingerprint density at radius 1 is 1.44 bits per heavy atom. The number of Topliss-reactive ketones (excluding diaryl/α,β-unsaturated/α-hetero) is 1. The van der Waals surface area contributed by atoms with Crippen LogP contribution in [-0.4, -0.2) is 36.5 Å². The largest absolute Gasteiger partial charge is 0.493 e. The molecular weight excluding hydrogens is 316 g/mol. The first-order valence-electron chi connectivity index (χ1n) is 9.21. The predicted molar refractivity (Wildman–Crippen MR) is 90.4 cm³/mol. The fourth-order valence-electron chi connectivity index (χ4n) is 6.25. The van der Waals surface area contributed by atoms with E-state index in [1.807, 2.05) is 11.0 Å². The highest BCUT2D eigenvalue weighted by Gasteiger charge is 2.68. The lowest BCUT2D eigenvalue weighted by Crippen LogP contribution is -2.67.